The second kappa shape index (κ2) is 8.58. The molecule has 0 aromatic heterocycles. The summed E-state index contributed by atoms with van der Waals surface area (Å²) in [5, 5.41) is 0.222. The molecule has 0 amide bonds. The summed E-state index contributed by atoms with van der Waals surface area (Å²) in [6, 6.07) is 13.3. The minimum absolute atomic E-state index is 0. The third-order valence-electron chi connectivity index (χ3n) is 4.53. The lowest BCUT2D eigenvalue weighted by Gasteiger charge is -2.18. The van der Waals surface area contributed by atoms with Gasteiger partial charge in [0.1, 0.15) is 0 Å². The molecule has 1 saturated heterocycles. The van der Waals surface area contributed by atoms with E-state index in [0.29, 0.717) is 0 Å². The highest BCUT2D eigenvalue weighted by Crippen LogP contribution is 2.32. The fourth-order valence-corrected chi connectivity index (χ4v) is 5.11. The number of esters is 1. The van der Waals surface area contributed by atoms with Crippen LogP contribution >= 0.6 is 24.0 Å². The van der Waals surface area contributed by atoms with Gasteiger partial charge in [-0.05, 0) is 23.8 Å². The summed E-state index contributed by atoms with van der Waals surface area (Å²) in [5.41, 5.74) is 7.14. The summed E-state index contributed by atoms with van der Waals surface area (Å²) < 4.78 is 32.3. The van der Waals surface area contributed by atoms with Gasteiger partial charge in [-0.25, -0.2) is 13.2 Å². The predicted octanol–water partition coefficient (Wildman–Crippen LogP) is 2.66. The summed E-state index contributed by atoms with van der Waals surface area (Å²) in [4.78, 5) is 11.8. The maximum atomic E-state index is 13.2. The SMILES string of the molecule is COC(=O)c1ccc(Cl)cc1S(=O)(=O)N1C[C@@H](N)[C@H](c2ccccc2)C1.Cl. The zero-order valence-electron chi connectivity index (χ0n) is 14.5. The van der Waals surface area contributed by atoms with E-state index in [-0.39, 0.29) is 52.9 Å². The highest BCUT2D eigenvalue weighted by molar-refractivity contribution is 7.89. The molecule has 6 nitrogen and oxygen atoms in total. The number of methoxy groups -OCH3 is 1. The minimum Gasteiger partial charge on any atom is -0.465 e. The largest absolute Gasteiger partial charge is 0.465 e. The smallest absolute Gasteiger partial charge is 0.339 e. The summed E-state index contributed by atoms with van der Waals surface area (Å²) in [6.07, 6.45) is 0. The first-order valence-corrected chi connectivity index (χ1v) is 9.85. The molecular formula is C18H20Cl2N2O4S. The third-order valence-corrected chi connectivity index (χ3v) is 6.63. The summed E-state index contributed by atoms with van der Waals surface area (Å²) in [7, 11) is -2.75. The van der Waals surface area contributed by atoms with Gasteiger partial charge in [0.2, 0.25) is 10.0 Å². The van der Waals surface area contributed by atoms with Gasteiger partial charge in [0.15, 0.2) is 0 Å². The van der Waals surface area contributed by atoms with Crippen molar-refractivity contribution in [2.24, 2.45) is 5.73 Å². The summed E-state index contributed by atoms with van der Waals surface area (Å²) in [5.74, 6) is -0.852. The fraction of sp³-hybridized carbons (Fsp3) is 0.278. The van der Waals surface area contributed by atoms with Crippen LogP contribution in [0.1, 0.15) is 21.8 Å². The molecule has 0 spiro atoms. The van der Waals surface area contributed by atoms with Crippen molar-refractivity contribution < 1.29 is 17.9 Å². The second-order valence-corrected chi connectivity index (χ2v) is 8.48. The van der Waals surface area contributed by atoms with Gasteiger partial charge in [-0.15, -0.1) is 12.4 Å². The van der Waals surface area contributed by atoms with Gasteiger partial charge in [0.05, 0.1) is 17.6 Å². The van der Waals surface area contributed by atoms with Crippen molar-refractivity contribution in [2.45, 2.75) is 16.9 Å². The topological polar surface area (TPSA) is 89.7 Å². The lowest BCUT2D eigenvalue weighted by atomic mass is 9.95. The minimum atomic E-state index is -3.95. The molecule has 0 radical (unpaired) electrons. The van der Waals surface area contributed by atoms with Crippen molar-refractivity contribution in [1.82, 2.24) is 4.31 Å². The number of hydrogen-bond acceptors (Lipinski definition) is 5. The van der Waals surface area contributed by atoms with Crippen molar-refractivity contribution in [1.29, 1.82) is 0 Å². The van der Waals surface area contributed by atoms with E-state index >= 15 is 0 Å². The van der Waals surface area contributed by atoms with Crippen LogP contribution in [0.25, 0.3) is 0 Å². The number of halogens is 2. The number of ether oxygens (including phenoxy) is 1. The van der Waals surface area contributed by atoms with Gasteiger partial charge in [0.25, 0.3) is 0 Å². The van der Waals surface area contributed by atoms with Crippen LogP contribution in [0.5, 0.6) is 0 Å². The van der Waals surface area contributed by atoms with Gasteiger partial charge in [0, 0.05) is 30.1 Å². The summed E-state index contributed by atoms with van der Waals surface area (Å²) in [6.45, 7) is 0.398. The van der Waals surface area contributed by atoms with E-state index in [1.807, 2.05) is 30.3 Å². The Morgan fingerprint density at radius 2 is 1.85 bits per heavy atom. The van der Waals surface area contributed by atoms with Gasteiger partial charge in [-0.1, -0.05) is 41.9 Å². The zero-order valence-corrected chi connectivity index (χ0v) is 16.9. The van der Waals surface area contributed by atoms with Crippen LogP contribution in [0.2, 0.25) is 5.02 Å². The maximum Gasteiger partial charge on any atom is 0.339 e. The average Bonchev–Trinajstić information content (AvgIpc) is 3.04. The van der Waals surface area contributed by atoms with Crippen LogP contribution in [0.15, 0.2) is 53.4 Å². The molecule has 2 aromatic carbocycles. The lowest BCUT2D eigenvalue weighted by Crippen LogP contribution is -2.33. The van der Waals surface area contributed by atoms with Crippen LogP contribution in [-0.4, -0.2) is 44.9 Å². The molecule has 3 rings (SSSR count). The number of carbonyl (C=O) groups is 1. The van der Waals surface area contributed by atoms with Crippen LogP contribution in [0.3, 0.4) is 0 Å². The van der Waals surface area contributed by atoms with Gasteiger partial charge >= 0.3 is 5.97 Å². The molecule has 0 unspecified atom stereocenters. The monoisotopic (exact) mass is 430 g/mol. The molecule has 2 aromatic rings. The first kappa shape index (κ1) is 21.7. The van der Waals surface area contributed by atoms with Crippen molar-refractivity contribution in [3.8, 4) is 0 Å². The molecule has 0 bridgehead atoms. The Morgan fingerprint density at radius 3 is 2.48 bits per heavy atom. The Bertz CT molecular complexity index is 922. The van der Waals surface area contributed by atoms with E-state index in [1.54, 1.807) is 0 Å². The molecular weight excluding hydrogens is 411 g/mol. The molecule has 1 heterocycles. The van der Waals surface area contributed by atoms with Crippen LogP contribution in [0, 0.1) is 0 Å². The first-order chi connectivity index (χ1) is 12.3. The molecule has 146 valence electrons. The van der Waals surface area contributed by atoms with Crippen LogP contribution in [0.4, 0.5) is 0 Å². The Hall–Kier alpha value is -1.64. The lowest BCUT2D eigenvalue weighted by molar-refractivity contribution is 0.0596. The van der Waals surface area contributed by atoms with Gasteiger partial charge in [-0.2, -0.15) is 4.31 Å². The van der Waals surface area contributed by atoms with E-state index < -0.39 is 16.0 Å². The Kier molecular flexibility index (Phi) is 6.88. The fourth-order valence-electron chi connectivity index (χ4n) is 3.17. The number of sulfonamides is 1. The Balaban J connectivity index is 0.00000261. The van der Waals surface area contributed by atoms with Crippen LogP contribution < -0.4 is 5.73 Å². The molecule has 27 heavy (non-hydrogen) atoms. The molecule has 1 aliphatic heterocycles. The molecule has 2 atom stereocenters. The summed E-state index contributed by atoms with van der Waals surface area (Å²) >= 11 is 5.97. The van der Waals surface area contributed by atoms with Crippen molar-refractivity contribution in [2.75, 3.05) is 20.2 Å². The average molecular weight is 431 g/mol. The predicted molar refractivity (Wildman–Crippen MR) is 106 cm³/mol. The van der Waals surface area contributed by atoms with Crippen molar-refractivity contribution in [3.63, 3.8) is 0 Å². The Labute approximate surface area is 169 Å². The van der Waals surface area contributed by atoms with Crippen LogP contribution in [-0.2, 0) is 14.8 Å². The van der Waals surface area contributed by atoms with E-state index in [0.717, 1.165) is 5.56 Å². The van der Waals surface area contributed by atoms with Gasteiger partial charge in [-0.3, -0.25) is 0 Å². The van der Waals surface area contributed by atoms with Gasteiger partial charge < -0.3 is 10.5 Å². The van der Waals surface area contributed by atoms with E-state index in [1.165, 1.54) is 29.6 Å². The third kappa shape index (κ3) is 4.28. The number of nitrogens with two attached hydrogens (primary N) is 1. The molecule has 0 saturated carbocycles. The zero-order chi connectivity index (χ0) is 18.9. The molecule has 2 N–H and O–H groups in total. The normalized spacial score (nSPS) is 20.1. The highest BCUT2D eigenvalue weighted by Gasteiger charge is 2.39. The quantitative estimate of drug-likeness (QED) is 0.752. The highest BCUT2D eigenvalue weighted by atomic mass is 35.5. The second-order valence-electron chi connectivity index (χ2n) is 6.14. The standard InChI is InChI=1S/C18H19ClN2O4S.ClH/c1-25-18(22)14-8-7-13(19)9-17(14)26(23,24)21-10-15(16(20)11-21)12-5-3-2-4-6-12;/h2-9,15-16H,10-11,20H2,1H3;1H/t15-,16+;/m0./s1. The Morgan fingerprint density at radius 1 is 1.19 bits per heavy atom. The van der Waals surface area contributed by atoms with E-state index in [2.05, 4.69) is 0 Å². The number of nitrogens with zero attached hydrogens (tertiary/aromatic N) is 1. The molecule has 1 fully saturated rings. The van der Waals surface area contributed by atoms with E-state index in [9.17, 15) is 13.2 Å². The number of hydrogen-bond donors (Lipinski definition) is 1. The maximum absolute atomic E-state index is 13.2. The first-order valence-electron chi connectivity index (χ1n) is 8.03. The number of carbonyl (C=O) groups excluding carboxylic acids is 1. The van der Waals surface area contributed by atoms with Crippen molar-refractivity contribution in [3.05, 3.63) is 64.7 Å². The van der Waals surface area contributed by atoms with Crippen molar-refractivity contribution >= 4 is 40.0 Å². The molecule has 0 aliphatic carbocycles. The number of rotatable bonds is 4. The molecule has 1 aliphatic rings. The van der Waals surface area contributed by atoms with E-state index in [4.69, 9.17) is 22.1 Å². The number of benzene rings is 2. The molecule has 9 heteroatoms.